The van der Waals surface area contributed by atoms with Gasteiger partial charge in [-0.1, -0.05) is 6.07 Å². The highest BCUT2D eigenvalue weighted by atomic mass is 32.2. The molecule has 0 aromatic heterocycles. The van der Waals surface area contributed by atoms with E-state index in [1.165, 1.54) is 0 Å². The first-order chi connectivity index (χ1) is 7.85. The average Bonchev–Trinajstić information content (AvgIpc) is 2.29. The number of nitrogen functional groups attached to an aromatic ring is 1. The summed E-state index contributed by atoms with van der Waals surface area (Å²) in [6.07, 6.45) is 2.04. The van der Waals surface area contributed by atoms with Crippen LogP contribution in [0.15, 0.2) is 18.2 Å². The van der Waals surface area contributed by atoms with E-state index in [0.717, 1.165) is 5.56 Å². The average molecular weight is 252 g/mol. The molecule has 1 aromatic carbocycles. The Morgan fingerprint density at radius 1 is 1.47 bits per heavy atom. The van der Waals surface area contributed by atoms with Crippen LogP contribution in [-0.2, 0) is 0 Å². The maximum Gasteiger partial charge on any atom is 0.251 e. The Labute approximate surface area is 107 Å². The molecule has 1 aromatic rings. The molecule has 0 saturated heterocycles. The summed E-state index contributed by atoms with van der Waals surface area (Å²) in [5.41, 5.74) is 7.90. The number of nitrogens with two attached hydrogens (primary N) is 1. The molecule has 4 heteroatoms. The Balaban J connectivity index is 2.74. The number of nitrogens with one attached hydrogen (secondary N) is 1. The smallest absolute Gasteiger partial charge is 0.251 e. The normalized spacial score (nSPS) is 11.3. The van der Waals surface area contributed by atoms with E-state index < -0.39 is 0 Å². The monoisotopic (exact) mass is 252 g/mol. The van der Waals surface area contributed by atoms with Crippen LogP contribution in [0.3, 0.4) is 0 Å². The number of anilines is 1. The van der Waals surface area contributed by atoms with E-state index in [0.29, 0.717) is 17.8 Å². The maximum atomic E-state index is 12.0. The number of carbonyl (C=O) groups is 1. The van der Waals surface area contributed by atoms with E-state index in [9.17, 15) is 4.79 Å². The van der Waals surface area contributed by atoms with Gasteiger partial charge in [-0.15, -0.1) is 0 Å². The number of amides is 1. The van der Waals surface area contributed by atoms with Crippen molar-refractivity contribution in [3.63, 3.8) is 0 Å². The van der Waals surface area contributed by atoms with Gasteiger partial charge in [-0.2, -0.15) is 11.8 Å². The van der Waals surface area contributed by atoms with Gasteiger partial charge in [-0.25, -0.2) is 0 Å². The molecule has 0 saturated carbocycles. The lowest BCUT2D eigenvalue weighted by atomic mass is 10.1. The summed E-state index contributed by atoms with van der Waals surface area (Å²) >= 11 is 1.73. The first-order valence-electron chi connectivity index (χ1n) is 5.55. The summed E-state index contributed by atoms with van der Waals surface area (Å²) in [6, 6.07) is 5.39. The Hall–Kier alpha value is -1.16. The molecular weight excluding hydrogens is 232 g/mol. The third kappa shape index (κ3) is 3.97. The SMILES string of the molecule is CSC(C)(C)CNC(=O)c1cc(N)ccc1C. The van der Waals surface area contributed by atoms with Crippen LogP contribution in [0.1, 0.15) is 29.8 Å². The fraction of sp³-hybridized carbons (Fsp3) is 0.462. The number of hydrogen-bond acceptors (Lipinski definition) is 3. The van der Waals surface area contributed by atoms with Crippen molar-refractivity contribution in [2.24, 2.45) is 0 Å². The van der Waals surface area contributed by atoms with Crippen molar-refractivity contribution in [3.8, 4) is 0 Å². The van der Waals surface area contributed by atoms with Crippen LogP contribution in [0, 0.1) is 6.92 Å². The largest absolute Gasteiger partial charge is 0.399 e. The van der Waals surface area contributed by atoms with E-state index in [2.05, 4.69) is 19.2 Å². The van der Waals surface area contributed by atoms with E-state index in [1.807, 2.05) is 19.2 Å². The molecule has 0 heterocycles. The minimum Gasteiger partial charge on any atom is -0.399 e. The number of carbonyl (C=O) groups excluding carboxylic acids is 1. The molecule has 0 spiro atoms. The second-order valence-electron chi connectivity index (χ2n) is 4.72. The van der Waals surface area contributed by atoms with Gasteiger partial charge in [0.15, 0.2) is 0 Å². The lowest BCUT2D eigenvalue weighted by Crippen LogP contribution is -2.36. The zero-order valence-electron chi connectivity index (χ0n) is 10.8. The maximum absolute atomic E-state index is 12.0. The molecule has 0 aliphatic carbocycles. The highest BCUT2D eigenvalue weighted by molar-refractivity contribution is 7.99. The van der Waals surface area contributed by atoms with Crippen molar-refractivity contribution < 1.29 is 4.79 Å². The van der Waals surface area contributed by atoms with E-state index in [1.54, 1.807) is 23.9 Å². The second kappa shape index (κ2) is 5.45. The minimum atomic E-state index is -0.0584. The molecule has 17 heavy (non-hydrogen) atoms. The number of rotatable bonds is 4. The zero-order valence-corrected chi connectivity index (χ0v) is 11.6. The number of hydrogen-bond donors (Lipinski definition) is 2. The zero-order chi connectivity index (χ0) is 13.1. The van der Waals surface area contributed by atoms with Crippen LogP contribution >= 0.6 is 11.8 Å². The third-order valence-corrected chi connectivity index (χ3v) is 3.98. The number of aryl methyl sites for hydroxylation is 1. The van der Waals surface area contributed by atoms with Crippen molar-refractivity contribution in [1.82, 2.24) is 5.32 Å². The van der Waals surface area contributed by atoms with Gasteiger partial charge >= 0.3 is 0 Å². The van der Waals surface area contributed by atoms with Gasteiger partial charge in [0.2, 0.25) is 0 Å². The first-order valence-corrected chi connectivity index (χ1v) is 6.78. The summed E-state index contributed by atoms with van der Waals surface area (Å²) in [4.78, 5) is 12.0. The molecule has 0 bridgehead atoms. The molecule has 3 nitrogen and oxygen atoms in total. The van der Waals surface area contributed by atoms with Gasteiger partial charge in [0.05, 0.1) is 0 Å². The van der Waals surface area contributed by atoms with Crippen molar-refractivity contribution in [3.05, 3.63) is 29.3 Å². The Morgan fingerprint density at radius 2 is 2.12 bits per heavy atom. The van der Waals surface area contributed by atoms with E-state index in [4.69, 9.17) is 5.73 Å². The minimum absolute atomic E-state index is 0.0455. The van der Waals surface area contributed by atoms with Crippen molar-refractivity contribution in [2.45, 2.75) is 25.5 Å². The third-order valence-electron chi connectivity index (χ3n) is 2.73. The van der Waals surface area contributed by atoms with Crippen LogP contribution in [0.4, 0.5) is 5.69 Å². The van der Waals surface area contributed by atoms with Crippen molar-refractivity contribution in [1.29, 1.82) is 0 Å². The Kier molecular flexibility index (Phi) is 4.46. The lowest BCUT2D eigenvalue weighted by molar-refractivity contribution is 0.0950. The predicted molar refractivity (Wildman–Crippen MR) is 75.5 cm³/mol. The van der Waals surface area contributed by atoms with Gasteiger partial charge in [0.25, 0.3) is 5.91 Å². The van der Waals surface area contributed by atoms with E-state index in [-0.39, 0.29) is 10.7 Å². The van der Waals surface area contributed by atoms with Gasteiger partial charge in [0, 0.05) is 22.5 Å². The molecule has 1 rings (SSSR count). The molecule has 0 aliphatic heterocycles. The van der Waals surface area contributed by atoms with Crippen LogP contribution in [-0.4, -0.2) is 23.5 Å². The first kappa shape index (κ1) is 13.9. The second-order valence-corrected chi connectivity index (χ2v) is 6.23. The fourth-order valence-corrected chi connectivity index (χ4v) is 1.56. The molecule has 0 fully saturated rings. The van der Waals surface area contributed by atoms with Gasteiger partial charge in [-0.3, -0.25) is 4.79 Å². The van der Waals surface area contributed by atoms with E-state index >= 15 is 0 Å². The summed E-state index contributed by atoms with van der Waals surface area (Å²) in [5, 5.41) is 2.94. The molecule has 94 valence electrons. The van der Waals surface area contributed by atoms with Gasteiger partial charge in [-0.05, 0) is 44.7 Å². The fourth-order valence-electron chi connectivity index (χ4n) is 1.34. The molecule has 0 unspecified atom stereocenters. The summed E-state index contributed by atoms with van der Waals surface area (Å²) in [7, 11) is 0. The van der Waals surface area contributed by atoms with Crippen LogP contribution in [0.2, 0.25) is 0 Å². The summed E-state index contributed by atoms with van der Waals surface area (Å²) in [5.74, 6) is -0.0584. The summed E-state index contributed by atoms with van der Waals surface area (Å²) < 4.78 is 0.0455. The van der Waals surface area contributed by atoms with Crippen molar-refractivity contribution in [2.75, 3.05) is 18.5 Å². The van der Waals surface area contributed by atoms with Gasteiger partial charge < -0.3 is 11.1 Å². The molecule has 1 amide bonds. The highest BCUT2D eigenvalue weighted by Crippen LogP contribution is 2.20. The highest BCUT2D eigenvalue weighted by Gasteiger charge is 2.18. The van der Waals surface area contributed by atoms with Crippen LogP contribution < -0.4 is 11.1 Å². The topological polar surface area (TPSA) is 55.1 Å². The molecule has 0 atom stereocenters. The molecule has 0 radical (unpaired) electrons. The quantitative estimate of drug-likeness (QED) is 0.809. The number of benzene rings is 1. The summed E-state index contributed by atoms with van der Waals surface area (Å²) in [6.45, 7) is 6.75. The molecular formula is C13H20N2OS. The standard InChI is InChI=1S/C13H20N2OS/c1-9-5-6-10(14)7-11(9)12(16)15-8-13(2,3)17-4/h5-7H,8,14H2,1-4H3,(H,15,16). The Morgan fingerprint density at radius 3 is 2.71 bits per heavy atom. The Bertz CT molecular complexity index is 416. The van der Waals surface area contributed by atoms with Crippen molar-refractivity contribution >= 4 is 23.4 Å². The molecule has 0 aliphatic rings. The number of thioether (sulfide) groups is 1. The lowest BCUT2D eigenvalue weighted by Gasteiger charge is -2.22. The van der Waals surface area contributed by atoms with Crippen LogP contribution in [0.25, 0.3) is 0 Å². The predicted octanol–water partition coefficient (Wildman–Crippen LogP) is 2.45. The molecule has 3 N–H and O–H groups in total. The van der Waals surface area contributed by atoms with Crippen LogP contribution in [0.5, 0.6) is 0 Å². The van der Waals surface area contributed by atoms with Gasteiger partial charge in [0.1, 0.15) is 0 Å².